The average Bonchev–Trinajstić information content (AvgIpc) is 3.45. The van der Waals surface area contributed by atoms with E-state index in [-0.39, 0.29) is 24.4 Å². The van der Waals surface area contributed by atoms with Crippen LogP contribution in [0.5, 0.6) is 0 Å². The molecule has 0 bridgehead atoms. The lowest BCUT2D eigenvalue weighted by atomic mass is 10.00. The molecule has 4 fully saturated rings. The molecule has 0 aromatic carbocycles. The fourth-order valence-corrected chi connectivity index (χ4v) is 2.56. The van der Waals surface area contributed by atoms with Crippen molar-refractivity contribution in [2.45, 2.75) is 68.6 Å². The van der Waals surface area contributed by atoms with Crippen molar-refractivity contribution in [3.8, 4) is 0 Å². The molecule has 0 aromatic heterocycles. The Balaban J connectivity index is 0.000000197. The summed E-state index contributed by atoms with van der Waals surface area (Å²) >= 11 is 0. The molecule has 4 heterocycles. The zero-order chi connectivity index (χ0) is 19.2. The van der Waals surface area contributed by atoms with E-state index in [9.17, 15) is 10.2 Å². The summed E-state index contributed by atoms with van der Waals surface area (Å²) in [7, 11) is 0. The first-order valence-electron chi connectivity index (χ1n) is 9.71. The third-order valence-electron chi connectivity index (χ3n) is 4.54. The highest BCUT2D eigenvalue weighted by Gasteiger charge is 2.38. The average molecular weight is 392 g/mol. The van der Waals surface area contributed by atoms with Crippen LogP contribution in [-0.2, 0) is 28.4 Å². The number of aliphatic hydroxyl groups is 3. The van der Waals surface area contributed by atoms with E-state index in [1.54, 1.807) is 6.92 Å². The highest BCUT2D eigenvalue weighted by atomic mass is 16.6. The van der Waals surface area contributed by atoms with Crippen LogP contribution in [0.4, 0.5) is 0 Å². The fraction of sp³-hybridized carbons (Fsp3) is 1.00. The summed E-state index contributed by atoms with van der Waals surface area (Å²) in [5.41, 5.74) is 0. The minimum Gasteiger partial charge on any atom is -0.391 e. The molecule has 4 aliphatic heterocycles. The quantitative estimate of drug-likeness (QED) is 0.333. The van der Waals surface area contributed by atoms with Crippen LogP contribution in [0.2, 0.25) is 0 Å². The number of ether oxygens (including phenoxy) is 6. The summed E-state index contributed by atoms with van der Waals surface area (Å²) in [5, 5.41) is 28.8. The monoisotopic (exact) mass is 392 g/mol. The van der Waals surface area contributed by atoms with Gasteiger partial charge in [0.05, 0.1) is 76.8 Å². The first-order valence-corrected chi connectivity index (χ1v) is 9.71. The van der Waals surface area contributed by atoms with Crippen LogP contribution in [0, 0.1) is 0 Å². The van der Waals surface area contributed by atoms with Crippen LogP contribution >= 0.6 is 0 Å². The van der Waals surface area contributed by atoms with Crippen LogP contribution in [0.25, 0.3) is 0 Å². The first-order chi connectivity index (χ1) is 13.0. The maximum absolute atomic E-state index is 10.1. The minimum absolute atomic E-state index is 0.0965. The zero-order valence-corrected chi connectivity index (χ0v) is 15.8. The number of aliphatic hydroxyl groups excluding tert-OH is 3. The molecule has 8 unspecified atom stereocenters. The van der Waals surface area contributed by atoms with E-state index in [2.05, 4.69) is 0 Å². The highest BCUT2D eigenvalue weighted by Crippen LogP contribution is 2.25. The topological polar surface area (TPSA) is 129 Å². The smallest absolute Gasteiger partial charge is 0.106 e. The summed E-state index contributed by atoms with van der Waals surface area (Å²) in [6.07, 6.45) is -0.637. The van der Waals surface area contributed by atoms with Crippen LogP contribution in [0.15, 0.2) is 0 Å². The molecule has 0 saturated carbocycles. The van der Waals surface area contributed by atoms with Crippen LogP contribution in [-0.4, -0.2) is 110 Å². The van der Waals surface area contributed by atoms with Crippen molar-refractivity contribution < 1.29 is 43.7 Å². The lowest BCUT2D eigenvalue weighted by Gasteiger charge is -2.26. The van der Waals surface area contributed by atoms with E-state index in [1.165, 1.54) is 0 Å². The third-order valence-corrected chi connectivity index (χ3v) is 4.54. The Morgan fingerprint density at radius 3 is 1.85 bits per heavy atom. The summed E-state index contributed by atoms with van der Waals surface area (Å²) in [6, 6.07) is 0. The Morgan fingerprint density at radius 1 is 0.815 bits per heavy atom. The molecule has 158 valence electrons. The van der Waals surface area contributed by atoms with E-state index < -0.39 is 18.3 Å². The van der Waals surface area contributed by atoms with Crippen molar-refractivity contribution >= 4 is 0 Å². The number of epoxide rings is 4. The van der Waals surface area contributed by atoms with Crippen molar-refractivity contribution in [1.82, 2.24) is 0 Å². The highest BCUT2D eigenvalue weighted by molar-refractivity contribution is 4.86. The molecule has 27 heavy (non-hydrogen) atoms. The van der Waals surface area contributed by atoms with Gasteiger partial charge in [-0.25, -0.2) is 0 Å². The van der Waals surface area contributed by atoms with Crippen molar-refractivity contribution in [2.24, 2.45) is 0 Å². The predicted molar refractivity (Wildman–Crippen MR) is 92.4 cm³/mol. The lowest BCUT2D eigenvalue weighted by molar-refractivity contribution is -0.0995. The predicted octanol–water partition coefficient (Wildman–Crippen LogP) is -1.15. The minimum atomic E-state index is -0.892. The standard InChI is InChI=1S/C12H20O6.C6H12O3/c13-10(1-7-3-15-7)12(14)11(2-8-4-16-8)18-6-9-5-17-9;1-5(7)2-8-3-6-4-9-6/h7-14H,1-6H2;5-7H,2-4H2,1H3. The van der Waals surface area contributed by atoms with Gasteiger partial charge in [-0.2, -0.15) is 0 Å². The largest absolute Gasteiger partial charge is 0.391 e. The molecule has 8 atom stereocenters. The molecular formula is C18H32O9. The van der Waals surface area contributed by atoms with E-state index >= 15 is 0 Å². The maximum Gasteiger partial charge on any atom is 0.106 e. The van der Waals surface area contributed by atoms with Gasteiger partial charge in [-0.05, 0) is 6.92 Å². The lowest BCUT2D eigenvalue weighted by Crippen LogP contribution is -2.41. The van der Waals surface area contributed by atoms with Crippen molar-refractivity contribution in [3.63, 3.8) is 0 Å². The van der Waals surface area contributed by atoms with Crippen molar-refractivity contribution in [1.29, 1.82) is 0 Å². The molecule has 0 amide bonds. The number of hydrogen-bond acceptors (Lipinski definition) is 9. The zero-order valence-electron chi connectivity index (χ0n) is 15.8. The molecule has 0 radical (unpaired) electrons. The van der Waals surface area contributed by atoms with Gasteiger partial charge < -0.3 is 43.7 Å². The molecule has 9 nitrogen and oxygen atoms in total. The number of hydrogen-bond donors (Lipinski definition) is 3. The van der Waals surface area contributed by atoms with Crippen molar-refractivity contribution in [3.05, 3.63) is 0 Å². The van der Waals surface area contributed by atoms with E-state index in [4.69, 9.17) is 33.5 Å². The maximum atomic E-state index is 10.1. The van der Waals surface area contributed by atoms with Gasteiger partial charge >= 0.3 is 0 Å². The van der Waals surface area contributed by atoms with Gasteiger partial charge in [0.25, 0.3) is 0 Å². The molecule has 4 aliphatic rings. The van der Waals surface area contributed by atoms with Crippen molar-refractivity contribution in [2.75, 3.05) is 46.2 Å². The van der Waals surface area contributed by atoms with Gasteiger partial charge in [-0.3, -0.25) is 0 Å². The normalized spacial score (nSPS) is 34.7. The second-order valence-corrected chi connectivity index (χ2v) is 7.61. The summed E-state index contributed by atoms with van der Waals surface area (Å²) in [6.45, 7) is 6.16. The number of rotatable bonds is 13. The van der Waals surface area contributed by atoms with E-state index in [1.807, 2.05) is 0 Å². The molecule has 4 rings (SSSR count). The van der Waals surface area contributed by atoms with E-state index in [0.29, 0.717) is 52.0 Å². The second-order valence-electron chi connectivity index (χ2n) is 7.61. The Labute approximate surface area is 159 Å². The van der Waals surface area contributed by atoms with Gasteiger partial charge in [-0.15, -0.1) is 0 Å². The van der Waals surface area contributed by atoms with Gasteiger partial charge in [0.2, 0.25) is 0 Å². The van der Waals surface area contributed by atoms with Gasteiger partial charge in [0, 0.05) is 12.8 Å². The molecule has 0 spiro atoms. The summed E-state index contributed by atoms with van der Waals surface area (Å²) in [5.74, 6) is 0. The molecular weight excluding hydrogens is 360 g/mol. The Hall–Kier alpha value is -0.360. The summed E-state index contributed by atoms with van der Waals surface area (Å²) < 4.78 is 30.9. The Morgan fingerprint density at radius 2 is 1.33 bits per heavy atom. The summed E-state index contributed by atoms with van der Waals surface area (Å²) in [4.78, 5) is 0. The van der Waals surface area contributed by atoms with Gasteiger partial charge in [0.15, 0.2) is 0 Å². The Bertz CT molecular complexity index is 417. The van der Waals surface area contributed by atoms with Gasteiger partial charge in [-0.1, -0.05) is 0 Å². The SMILES string of the molecule is CC(O)COCC1CO1.OC(CC1CO1)C(O)C(CC1CO1)OCC1CO1. The first kappa shape index (κ1) is 21.4. The van der Waals surface area contributed by atoms with Crippen LogP contribution in [0.1, 0.15) is 19.8 Å². The molecule has 0 aromatic rings. The van der Waals surface area contributed by atoms with Crippen LogP contribution < -0.4 is 0 Å². The molecule has 3 N–H and O–H groups in total. The van der Waals surface area contributed by atoms with E-state index in [0.717, 1.165) is 13.2 Å². The molecule has 0 aliphatic carbocycles. The molecule has 4 saturated heterocycles. The Kier molecular flexibility index (Phi) is 8.24. The van der Waals surface area contributed by atoms with Gasteiger partial charge in [0.1, 0.15) is 18.3 Å². The molecule has 9 heteroatoms. The second kappa shape index (κ2) is 10.4. The third kappa shape index (κ3) is 9.60. The fourth-order valence-electron chi connectivity index (χ4n) is 2.56. The van der Waals surface area contributed by atoms with Crippen LogP contribution in [0.3, 0.4) is 0 Å².